The van der Waals surface area contributed by atoms with Crippen LogP contribution in [0.1, 0.15) is 61.7 Å². The summed E-state index contributed by atoms with van der Waals surface area (Å²) in [7, 11) is 0. The van der Waals surface area contributed by atoms with Gasteiger partial charge in [-0.1, -0.05) is 80.6 Å². The molecule has 1 amide bonds. The van der Waals surface area contributed by atoms with Gasteiger partial charge >= 0.3 is 0 Å². The van der Waals surface area contributed by atoms with E-state index in [2.05, 4.69) is 54.1 Å². The van der Waals surface area contributed by atoms with E-state index in [9.17, 15) is 4.79 Å². The fraction of sp³-hybridized carbons (Fsp3) is 0.241. The van der Waals surface area contributed by atoms with E-state index < -0.39 is 0 Å². The predicted molar refractivity (Wildman–Crippen MR) is 136 cm³/mol. The van der Waals surface area contributed by atoms with E-state index in [-0.39, 0.29) is 11.9 Å². The summed E-state index contributed by atoms with van der Waals surface area (Å²) in [6.07, 6.45) is 4.53. The number of nitrogens with one attached hydrogen (secondary N) is 1. The zero-order chi connectivity index (χ0) is 23.2. The second-order valence-corrected chi connectivity index (χ2v) is 8.57. The maximum Gasteiger partial charge on any atom is 0.244 e. The third-order valence-corrected chi connectivity index (χ3v) is 6.16. The quantitative estimate of drug-likeness (QED) is 0.320. The van der Waals surface area contributed by atoms with Gasteiger partial charge in [-0.2, -0.15) is 0 Å². The zero-order valence-corrected chi connectivity index (χ0v) is 19.5. The van der Waals surface area contributed by atoms with Crippen LogP contribution in [0.5, 0.6) is 0 Å². The van der Waals surface area contributed by atoms with Gasteiger partial charge in [0.25, 0.3) is 0 Å². The molecule has 3 aromatic carbocycles. The van der Waals surface area contributed by atoms with E-state index in [0.29, 0.717) is 12.5 Å². The Hall–Kier alpha value is -3.66. The minimum Gasteiger partial charge on any atom is -0.343 e. The lowest BCUT2D eigenvalue weighted by molar-refractivity contribution is -0.117. The summed E-state index contributed by atoms with van der Waals surface area (Å²) in [4.78, 5) is 17.4. The fourth-order valence-corrected chi connectivity index (χ4v) is 4.02. The van der Waals surface area contributed by atoms with Crippen LogP contribution in [0, 0.1) is 0 Å². The minimum absolute atomic E-state index is 0.136. The average molecular weight is 438 g/mol. The Morgan fingerprint density at radius 3 is 2.39 bits per heavy atom. The molecule has 2 unspecified atom stereocenters. The number of imidazole rings is 1. The highest BCUT2D eigenvalue weighted by Gasteiger charge is 2.18. The number of amides is 1. The molecule has 33 heavy (non-hydrogen) atoms. The number of fused-ring (bicyclic) bond motifs is 1. The lowest BCUT2D eigenvalue weighted by Crippen LogP contribution is -2.27. The minimum atomic E-state index is -0.232. The molecular formula is C29H31N3O. The number of benzene rings is 3. The van der Waals surface area contributed by atoms with Gasteiger partial charge in [0.15, 0.2) is 0 Å². The van der Waals surface area contributed by atoms with E-state index in [4.69, 9.17) is 4.98 Å². The zero-order valence-electron chi connectivity index (χ0n) is 19.5. The van der Waals surface area contributed by atoms with Crippen LogP contribution in [0.3, 0.4) is 0 Å². The van der Waals surface area contributed by atoms with Gasteiger partial charge in [0.05, 0.1) is 17.1 Å². The molecule has 4 rings (SSSR count). The maximum absolute atomic E-state index is 12.6. The molecule has 4 nitrogen and oxygen atoms in total. The number of hydrogen-bond acceptors (Lipinski definition) is 2. The van der Waals surface area contributed by atoms with Crippen molar-refractivity contribution < 1.29 is 4.79 Å². The summed E-state index contributed by atoms with van der Waals surface area (Å²) in [6.45, 7) is 7.16. The van der Waals surface area contributed by atoms with Crippen molar-refractivity contribution in [1.29, 1.82) is 0 Å². The van der Waals surface area contributed by atoms with Crippen LogP contribution < -0.4 is 5.32 Å². The molecule has 0 saturated heterocycles. The van der Waals surface area contributed by atoms with Crippen molar-refractivity contribution in [3.63, 3.8) is 0 Å². The first-order chi connectivity index (χ1) is 16.0. The summed E-state index contributed by atoms with van der Waals surface area (Å²) >= 11 is 0. The van der Waals surface area contributed by atoms with Crippen LogP contribution in [0.15, 0.2) is 84.9 Å². The van der Waals surface area contributed by atoms with Crippen molar-refractivity contribution >= 4 is 23.0 Å². The number of carbonyl (C=O) groups excluding carboxylic acids is 1. The molecule has 0 fully saturated rings. The predicted octanol–water partition coefficient (Wildman–Crippen LogP) is 6.49. The normalized spacial score (nSPS) is 13.3. The SMILES string of the molecule is CCC(C)c1ccc(Cn2c(C(C)NC(=O)/C=C\c3ccccc3)nc3ccccc32)cc1. The number of para-hydroxylation sites is 2. The maximum atomic E-state index is 12.6. The molecule has 4 aromatic rings. The van der Waals surface area contributed by atoms with Crippen LogP contribution in [-0.4, -0.2) is 15.5 Å². The summed E-state index contributed by atoms with van der Waals surface area (Å²) in [5, 5.41) is 3.08. The Labute approximate surface area is 196 Å². The summed E-state index contributed by atoms with van der Waals surface area (Å²) in [6, 6.07) is 26.6. The van der Waals surface area contributed by atoms with Crippen molar-refractivity contribution in [2.45, 2.75) is 45.7 Å². The topological polar surface area (TPSA) is 46.9 Å². The first-order valence-electron chi connectivity index (χ1n) is 11.6. The van der Waals surface area contributed by atoms with E-state index in [0.717, 1.165) is 28.8 Å². The van der Waals surface area contributed by atoms with Crippen LogP contribution >= 0.6 is 0 Å². The van der Waals surface area contributed by atoms with Crippen LogP contribution in [0.4, 0.5) is 0 Å². The van der Waals surface area contributed by atoms with Gasteiger partial charge in [-0.15, -0.1) is 0 Å². The van der Waals surface area contributed by atoms with Crippen molar-refractivity contribution in [2.75, 3.05) is 0 Å². The Kier molecular flexibility index (Phi) is 7.04. The van der Waals surface area contributed by atoms with E-state index in [1.807, 2.05) is 61.5 Å². The molecule has 0 aliphatic carbocycles. The van der Waals surface area contributed by atoms with Crippen molar-refractivity contribution in [3.8, 4) is 0 Å². The Morgan fingerprint density at radius 1 is 0.970 bits per heavy atom. The van der Waals surface area contributed by atoms with Crippen LogP contribution in [-0.2, 0) is 11.3 Å². The Bertz CT molecular complexity index is 1240. The van der Waals surface area contributed by atoms with Gasteiger partial charge in [-0.3, -0.25) is 4.79 Å². The smallest absolute Gasteiger partial charge is 0.244 e. The van der Waals surface area contributed by atoms with Crippen LogP contribution in [0.25, 0.3) is 17.1 Å². The van der Waals surface area contributed by atoms with Crippen molar-refractivity contribution in [1.82, 2.24) is 14.9 Å². The van der Waals surface area contributed by atoms with Gasteiger partial charge in [-0.05, 0) is 54.2 Å². The Balaban J connectivity index is 1.56. The molecule has 0 radical (unpaired) electrons. The largest absolute Gasteiger partial charge is 0.343 e. The second kappa shape index (κ2) is 10.3. The van der Waals surface area contributed by atoms with Gasteiger partial charge in [0, 0.05) is 12.6 Å². The van der Waals surface area contributed by atoms with Crippen molar-refractivity contribution in [2.24, 2.45) is 0 Å². The van der Waals surface area contributed by atoms with Gasteiger partial charge < -0.3 is 9.88 Å². The molecule has 0 bridgehead atoms. The number of carbonyl (C=O) groups is 1. The van der Waals surface area contributed by atoms with E-state index in [1.54, 1.807) is 6.08 Å². The molecular weight excluding hydrogens is 406 g/mol. The number of nitrogens with zero attached hydrogens (tertiary/aromatic N) is 2. The Morgan fingerprint density at radius 2 is 1.67 bits per heavy atom. The first-order valence-corrected chi connectivity index (χ1v) is 11.6. The summed E-state index contributed by atoms with van der Waals surface area (Å²) in [5.41, 5.74) is 5.58. The molecule has 2 atom stereocenters. The third kappa shape index (κ3) is 5.40. The molecule has 1 aromatic heterocycles. The van der Waals surface area contributed by atoms with E-state index >= 15 is 0 Å². The highest BCUT2D eigenvalue weighted by Crippen LogP contribution is 2.24. The molecule has 168 valence electrons. The summed E-state index contributed by atoms with van der Waals surface area (Å²) < 4.78 is 2.21. The third-order valence-electron chi connectivity index (χ3n) is 6.16. The monoisotopic (exact) mass is 437 g/mol. The lowest BCUT2D eigenvalue weighted by atomic mass is 9.97. The molecule has 0 aliphatic rings. The molecule has 0 saturated carbocycles. The number of rotatable bonds is 8. The lowest BCUT2D eigenvalue weighted by Gasteiger charge is -2.16. The molecule has 0 aliphatic heterocycles. The number of hydrogen-bond donors (Lipinski definition) is 1. The molecule has 0 spiro atoms. The molecule has 4 heteroatoms. The highest BCUT2D eigenvalue weighted by atomic mass is 16.1. The number of aromatic nitrogens is 2. The highest BCUT2D eigenvalue weighted by molar-refractivity contribution is 5.92. The van der Waals surface area contributed by atoms with Crippen LogP contribution in [0.2, 0.25) is 0 Å². The molecule has 1 N–H and O–H groups in total. The van der Waals surface area contributed by atoms with Gasteiger partial charge in [-0.25, -0.2) is 4.98 Å². The van der Waals surface area contributed by atoms with Gasteiger partial charge in [0.1, 0.15) is 5.82 Å². The first kappa shape index (κ1) is 22.5. The van der Waals surface area contributed by atoms with Crippen molar-refractivity contribution in [3.05, 3.63) is 107 Å². The second-order valence-electron chi connectivity index (χ2n) is 8.57. The van der Waals surface area contributed by atoms with E-state index in [1.165, 1.54) is 11.1 Å². The molecule has 1 heterocycles. The average Bonchev–Trinajstić information content (AvgIpc) is 3.22. The standard InChI is InChI=1S/C29H31N3O/c1-4-21(2)25-17-14-24(15-18-25)20-32-27-13-9-8-12-26(27)31-29(32)22(3)30-28(33)19-16-23-10-6-5-7-11-23/h5-19,21-22H,4,20H2,1-3H3,(H,30,33)/b19-16-. The summed E-state index contributed by atoms with van der Waals surface area (Å²) in [5.74, 6) is 1.27. The van der Waals surface area contributed by atoms with Gasteiger partial charge in [0.2, 0.25) is 5.91 Å². The fourth-order valence-electron chi connectivity index (χ4n) is 4.02.